The number of alkyl halides is 3. The predicted octanol–water partition coefficient (Wildman–Crippen LogP) is 5.55. The van der Waals surface area contributed by atoms with Crippen molar-refractivity contribution < 1.29 is 31.1 Å². The highest BCUT2D eigenvalue weighted by Crippen LogP contribution is 2.32. The molecule has 0 radical (unpaired) electrons. The van der Waals surface area contributed by atoms with Gasteiger partial charge in [0.25, 0.3) is 11.3 Å². The number of hydrogen-bond donors (Lipinski definition) is 2. The molecule has 0 aliphatic heterocycles. The summed E-state index contributed by atoms with van der Waals surface area (Å²) in [6, 6.07) is 12.0. The lowest BCUT2D eigenvalue weighted by molar-refractivity contribution is -0.141. The van der Waals surface area contributed by atoms with Gasteiger partial charge in [0, 0.05) is 24.2 Å². The number of carbonyl (C=O) groups excluding carboxylic acids is 1. The molecule has 6 nitrogen and oxygen atoms in total. The van der Waals surface area contributed by atoms with E-state index in [1.54, 1.807) is 0 Å². The van der Waals surface area contributed by atoms with Crippen LogP contribution in [0.25, 0.3) is 11.3 Å². The summed E-state index contributed by atoms with van der Waals surface area (Å²) in [5.41, 5.74) is -0.111. The van der Waals surface area contributed by atoms with E-state index in [0.717, 1.165) is 16.4 Å². The second-order valence-electron chi connectivity index (χ2n) is 7.59. The summed E-state index contributed by atoms with van der Waals surface area (Å²) in [7, 11) is 1.24. The van der Waals surface area contributed by atoms with E-state index >= 15 is 0 Å². The Morgan fingerprint density at radius 2 is 1.83 bits per heavy atom. The summed E-state index contributed by atoms with van der Waals surface area (Å²) >= 11 is 3.46. The Morgan fingerprint density at radius 1 is 1.17 bits per heavy atom. The zero-order chi connectivity index (χ0) is 25.9. The Kier molecular flexibility index (Phi) is 8.14. The van der Waals surface area contributed by atoms with Gasteiger partial charge in [0.15, 0.2) is 0 Å². The average Bonchev–Trinajstić information content (AvgIpc) is 2.81. The molecule has 1 amide bonds. The molecule has 0 fully saturated rings. The number of anilines is 1. The minimum absolute atomic E-state index is 0.0416. The van der Waals surface area contributed by atoms with Crippen molar-refractivity contribution in [2.24, 2.45) is 0 Å². The van der Waals surface area contributed by atoms with Crippen molar-refractivity contribution in [3.8, 4) is 11.3 Å². The third kappa shape index (κ3) is 6.36. The van der Waals surface area contributed by atoms with Gasteiger partial charge >= 0.3 is 6.18 Å². The van der Waals surface area contributed by atoms with Crippen molar-refractivity contribution in [3.63, 3.8) is 0 Å². The van der Waals surface area contributed by atoms with E-state index in [0.29, 0.717) is 21.7 Å². The Balaban J connectivity index is 1.82. The topological polar surface area (TPSA) is 82.5 Å². The van der Waals surface area contributed by atoms with Crippen LogP contribution in [0.4, 0.5) is 23.2 Å². The Labute approximate surface area is 206 Å². The molecule has 12 heteroatoms. The number of benzene rings is 2. The van der Waals surface area contributed by atoms with Gasteiger partial charge in [0.1, 0.15) is 11.5 Å². The van der Waals surface area contributed by atoms with Crippen molar-refractivity contribution in [1.29, 1.82) is 0 Å². The first-order chi connectivity index (χ1) is 16.4. The molecule has 0 saturated heterocycles. The minimum atomic E-state index is -4.65. The SMILES string of the molecule is CC(C(=O)NCc1ccc(C(F)(F)F)nc1-c1ccc(Cl)cc1)c1ccc(N(C)S(=O)O)c(F)c1. The number of halogens is 5. The first-order valence-corrected chi connectivity index (χ1v) is 11.6. The number of hydrogen-bond acceptors (Lipinski definition) is 3. The molecule has 2 unspecified atom stereocenters. The van der Waals surface area contributed by atoms with E-state index < -0.39 is 40.8 Å². The van der Waals surface area contributed by atoms with Gasteiger partial charge in [-0.3, -0.25) is 13.7 Å². The maximum atomic E-state index is 14.4. The van der Waals surface area contributed by atoms with Crippen LogP contribution in [0.2, 0.25) is 5.02 Å². The quantitative estimate of drug-likeness (QED) is 0.310. The first-order valence-electron chi connectivity index (χ1n) is 10.1. The molecule has 35 heavy (non-hydrogen) atoms. The number of amides is 1. The zero-order valence-corrected chi connectivity index (χ0v) is 20.0. The number of rotatable bonds is 7. The van der Waals surface area contributed by atoms with Crippen LogP contribution in [-0.2, 0) is 28.8 Å². The van der Waals surface area contributed by atoms with Gasteiger partial charge in [-0.2, -0.15) is 13.2 Å². The molecule has 2 N–H and O–H groups in total. The maximum absolute atomic E-state index is 14.4. The van der Waals surface area contributed by atoms with Crippen LogP contribution in [-0.4, -0.2) is 26.7 Å². The van der Waals surface area contributed by atoms with E-state index in [4.69, 9.17) is 16.2 Å². The van der Waals surface area contributed by atoms with E-state index in [9.17, 15) is 26.6 Å². The normalized spacial score (nSPS) is 13.3. The third-order valence-corrected chi connectivity index (χ3v) is 6.20. The van der Waals surface area contributed by atoms with Crippen molar-refractivity contribution in [2.45, 2.75) is 25.6 Å². The monoisotopic (exact) mass is 529 g/mol. The van der Waals surface area contributed by atoms with E-state index in [2.05, 4.69) is 10.3 Å². The molecule has 3 aromatic rings. The molecule has 0 saturated carbocycles. The van der Waals surface area contributed by atoms with Crippen molar-refractivity contribution >= 4 is 34.5 Å². The van der Waals surface area contributed by atoms with Crippen LogP contribution in [0.3, 0.4) is 0 Å². The van der Waals surface area contributed by atoms with Crippen LogP contribution in [0.5, 0.6) is 0 Å². The van der Waals surface area contributed by atoms with Crippen LogP contribution in [0, 0.1) is 5.82 Å². The van der Waals surface area contributed by atoms with Crippen molar-refractivity contribution in [3.05, 3.63) is 82.3 Å². The molecule has 3 rings (SSSR count). The summed E-state index contributed by atoms with van der Waals surface area (Å²) in [6.45, 7) is 1.40. The molecular formula is C23H20ClF4N3O3S. The number of nitrogens with one attached hydrogen (secondary N) is 1. The Bertz CT molecular complexity index is 1260. The van der Waals surface area contributed by atoms with Gasteiger partial charge in [0.2, 0.25) is 5.91 Å². The number of carbonyl (C=O) groups is 1. The number of pyridine rings is 1. The van der Waals surface area contributed by atoms with Crippen LogP contribution >= 0.6 is 11.6 Å². The molecule has 186 valence electrons. The summed E-state index contributed by atoms with van der Waals surface area (Å²) in [6.07, 6.45) is -4.65. The number of aromatic nitrogens is 1. The fourth-order valence-electron chi connectivity index (χ4n) is 3.27. The van der Waals surface area contributed by atoms with Crippen LogP contribution in [0.1, 0.15) is 29.7 Å². The molecular weight excluding hydrogens is 510 g/mol. The fraction of sp³-hybridized carbons (Fsp3) is 0.217. The standard InChI is InChI=1S/C23H20ClF4N3O3S/c1-13(15-5-9-19(18(25)11-15)31(2)35(33)34)22(32)29-12-16-6-10-20(23(26,27)28)30-21(16)14-3-7-17(24)8-4-14/h3-11,13H,12H2,1-2H3,(H,29,32)(H,33,34). The van der Waals surface area contributed by atoms with Gasteiger partial charge in [-0.1, -0.05) is 35.9 Å². The van der Waals surface area contributed by atoms with Gasteiger partial charge in [0.05, 0.1) is 17.3 Å². The Hall–Kier alpha value is -3.02. The highest BCUT2D eigenvalue weighted by atomic mass is 35.5. The molecule has 0 aliphatic carbocycles. The zero-order valence-electron chi connectivity index (χ0n) is 18.4. The number of nitrogens with zero attached hydrogens (tertiary/aromatic N) is 2. The fourth-order valence-corrected chi connectivity index (χ4v) is 3.71. The van der Waals surface area contributed by atoms with E-state index in [-0.39, 0.29) is 17.9 Å². The highest BCUT2D eigenvalue weighted by molar-refractivity contribution is 7.80. The lowest BCUT2D eigenvalue weighted by Gasteiger charge is -2.18. The first kappa shape index (κ1) is 26.6. The van der Waals surface area contributed by atoms with Gasteiger partial charge in [-0.15, -0.1) is 0 Å². The molecule has 0 spiro atoms. The molecule has 0 aliphatic rings. The van der Waals surface area contributed by atoms with Crippen LogP contribution < -0.4 is 9.62 Å². The summed E-state index contributed by atoms with van der Waals surface area (Å²) in [5, 5.41) is 3.05. The minimum Gasteiger partial charge on any atom is -0.351 e. The van der Waals surface area contributed by atoms with Crippen LogP contribution in [0.15, 0.2) is 54.6 Å². The molecule has 1 heterocycles. The highest BCUT2D eigenvalue weighted by Gasteiger charge is 2.33. The van der Waals surface area contributed by atoms with E-state index in [1.165, 1.54) is 56.4 Å². The lowest BCUT2D eigenvalue weighted by Crippen LogP contribution is -2.28. The summed E-state index contributed by atoms with van der Waals surface area (Å²) in [5.74, 6) is -2.10. The maximum Gasteiger partial charge on any atom is 0.433 e. The Morgan fingerprint density at radius 3 is 2.40 bits per heavy atom. The summed E-state index contributed by atoms with van der Waals surface area (Å²) in [4.78, 5) is 16.5. The molecule has 1 aromatic heterocycles. The molecule has 0 bridgehead atoms. The smallest absolute Gasteiger partial charge is 0.351 e. The van der Waals surface area contributed by atoms with Crippen molar-refractivity contribution in [1.82, 2.24) is 10.3 Å². The second-order valence-corrected chi connectivity index (χ2v) is 9.03. The van der Waals surface area contributed by atoms with Gasteiger partial charge in [-0.25, -0.2) is 13.6 Å². The third-order valence-electron chi connectivity index (χ3n) is 5.28. The van der Waals surface area contributed by atoms with E-state index in [1.807, 2.05) is 0 Å². The molecule has 2 atom stereocenters. The van der Waals surface area contributed by atoms with Gasteiger partial charge in [-0.05, 0) is 48.4 Å². The van der Waals surface area contributed by atoms with Crippen molar-refractivity contribution in [2.75, 3.05) is 11.4 Å². The lowest BCUT2D eigenvalue weighted by atomic mass is 9.99. The largest absolute Gasteiger partial charge is 0.433 e. The summed E-state index contributed by atoms with van der Waals surface area (Å²) < 4.78 is 75.2. The molecule has 2 aromatic carbocycles. The average molecular weight is 530 g/mol. The predicted molar refractivity (Wildman–Crippen MR) is 126 cm³/mol. The second kappa shape index (κ2) is 10.7. The van der Waals surface area contributed by atoms with Gasteiger partial charge < -0.3 is 5.32 Å².